The minimum atomic E-state index is 0.739. The first kappa shape index (κ1) is 18.8. The molecule has 26 heavy (non-hydrogen) atoms. The van der Waals surface area contributed by atoms with Crippen molar-refractivity contribution in [3.8, 4) is 0 Å². The van der Waals surface area contributed by atoms with E-state index in [0.717, 1.165) is 26.2 Å². The highest BCUT2D eigenvalue weighted by Gasteiger charge is 2.07. The summed E-state index contributed by atoms with van der Waals surface area (Å²) in [5.74, 6) is 0. The Labute approximate surface area is 168 Å². The number of nitrogens with zero attached hydrogens (tertiary/aromatic N) is 1. The van der Waals surface area contributed by atoms with Gasteiger partial charge in [0.1, 0.15) is 5.04 Å². The van der Waals surface area contributed by atoms with Crippen LogP contribution in [0.25, 0.3) is 0 Å². The summed E-state index contributed by atoms with van der Waals surface area (Å²) in [6.45, 7) is 2.10. The SMILES string of the molecule is CC(=CSc1ccccc1)C(=Nc1ccccc1)Sc1ccc(Cl)cc1. The lowest BCUT2D eigenvalue weighted by Crippen LogP contribution is -1.94. The van der Waals surface area contributed by atoms with Crippen LogP contribution in [-0.4, -0.2) is 5.04 Å². The minimum absolute atomic E-state index is 0.739. The number of aliphatic imine (C=N–C) groups is 1. The van der Waals surface area contributed by atoms with Gasteiger partial charge in [0, 0.05) is 14.8 Å². The van der Waals surface area contributed by atoms with E-state index in [9.17, 15) is 0 Å². The van der Waals surface area contributed by atoms with Crippen molar-refractivity contribution in [1.82, 2.24) is 0 Å². The van der Waals surface area contributed by atoms with E-state index in [1.54, 1.807) is 23.5 Å². The van der Waals surface area contributed by atoms with E-state index in [4.69, 9.17) is 16.6 Å². The molecule has 3 aromatic rings. The highest BCUT2D eigenvalue weighted by Crippen LogP contribution is 2.29. The normalized spacial score (nSPS) is 12.2. The fraction of sp³-hybridized carbons (Fsp3) is 0.0455. The molecule has 1 nitrogen and oxygen atoms in total. The van der Waals surface area contributed by atoms with Gasteiger partial charge in [-0.1, -0.05) is 71.5 Å². The number of thioether (sulfide) groups is 2. The Kier molecular flexibility index (Phi) is 7.01. The molecule has 0 aliphatic rings. The third kappa shape index (κ3) is 5.80. The van der Waals surface area contributed by atoms with E-state index >= 15 is 0 Å². The molecular formula is C22H18ClNS2. The molecule has 0 aliphatic heterocycles. The highest BCUT2D eigenvalue weighted by atomic mass is 35.5. The van der Waals surface area contributed by atoms with E-state index in [0.29, 0.717) is 0 Å². The number of benzene rings is 3. The molecule has 0 bridgehead atoms. The Hall–Kier alpha value is -1.94. The zero-order valence-electron chi connectivity index (χ0n) is 14.3. The van der Waals surface area contributed by atoms with Crippen LogP contribution in [0.5, 0.6) is 0 Å². The van der Waals surface area contributed by atoms with Gasteiger partial charge in [-0.25, -0.2) is 4.99 Å². The molecule has 0 aromatic heterocycles. The third-order valence-corrected chi connectivity index (χ3v) is 5.85. The van der Waals surface area contributed by atoms with Crippen molar-refractivity contribution >= 4 is 45.9 Å². The summed E-state index contributed by atoms with van der Waals surface area (Å²) in [6, 6.07) is 28.2. The Balaban J connectivity index is 1.86. The predicted octanol–water partition coefficient (Wildman–Crippen LogP) is 7.86. The first-order chi connectivity index (χ1) is 12.7. The van der Waals surface area contributed by atoms with Crippen LogP contribution in [0.1, 0.15) is 6.92 Å². The van der Waals surface area contributed by atoms with E-state index in [2.05, 4.69) is 24.5 Å². The van der Waals surface area contributed by atoms with Crippen molar-refractivity contribution in [2.45, 2.75) is 16.7 Å². The standard InChI is InChI=1S/C22H18ClNS2/c1-17(16-25-20-10-6-3-7-11-20)22(24-19-8-4-2-5-9-19)26-21-14-12-18(23)13-15-21/h2-16H,1H3. The van der Waals surface area contributed by atoms with Crippen molar-refractivity contribution in [3.05, 3.63) is 101 Å². The molecule has 0 N–H and O–H groups in total. The van der Waals surface area contributed by atoms with Gasteiger partial charge in [0.05, 0.1) is 5.69 Å². The topological polar surface area (TPSA) is 12.4 Å². The van der Waals surface area contributed by atoms with Crippen LogP contribution in [0.4, 0.5) is 5.69 Å². The Bertz CT molecular complexity index is 888. The van der Waals surface area contributed by atoms with Gasteiger partial charge in [-0.15, -0.1) is 0 Å². The zero-order chi connectivity index (χ0) is 18.2. The number of hydrogen-bond donors (Lipinski definition) is 0. The molecule has 0 unspecified atom stereocenters. The van der Waals surface area contributed by atoms with E-state index < -0.39 is 0 Å². The monoisotopic (exact) mass is 395 g/mol. The quantitative estimate of drug-likeness (QED) is 0.247. The predicted molar refractivity (Wildman–Crippen MR) is 117 cm³/mol. The lowest BCUT2D eigenvalue weighted by Gasteiger charge is -2.08. The van der Waals surface area contributed by atoms with Crippen LogP contribution in [-0.2, 0) is 0 Å². The maximum absolute atomic E-state index is 6.00. The first-order valence-electron chi connectivity index (χ1n) is 8.17. The molecule has 0 heterocycles. The Morgan fingerprint density at radius 2 is 1.42 bits per heavy atom. The average molecular weight is 396 g/mol. The molecule has 0 saturated heterocycles. The summed E-state index contributed by atoms with van der Waals surface area (Å²) in [5.41, 5.74) is 2.07. The molecule has 0 atom stereocenters. The molecule has 0 fully saturated rings. The van der Waals surface area contributed by atoms with Crippen LogP contribution < -0.4 is 0 Å². The second-order valence-corrected chi connectivity index (χ2v) is 7.98. The lowest BCUT2D eigenvalue weighted by molar-refractivity contribution is 1.46. The average Bonchev–Trinajstić information content (AvgIpc) is 2.69. The summed E-state index contributed by atoms with van der Waals surface area (Å²) in [4.78, 5) is 7.18. The van der Waals surface area contributed by atoms with Gasteiger partial charge in [-0.05, 0) is 66.4 Å². The fourth-order valence-corrected chi connectivity index (χ4v) is 3.94. The van der Waals surface area contributed by atoms with Crippen LogP contribution in [0.15, 0.2) is 111 Å². The molecule has 0 spiro atoms. The second kappa shape index (κ2) is 9.67. The van der Waals surface area contributed by atoms with Gasteiger partial charge in [0.2, 0.25) is 0 Å². The van der Waals surface area contributed by atoms with Gasteiger partial charge in [-0.3, -0.25) is 0 Å². The molecule has 3 aromatic carbocycles. The Morgan fingerprint density at radius 3 is 2.08 bits per heavy atom. The van der Waals surface area contributed by atoms with Crippen LogP contribution in [0, 0.1) is 0 Å². The summed E-state index contributed by atoms with van der Waals surface area (Å²) < 4.78 is 0. The number of rotatable bonds is 5. The van der Waals surface area contributed by atoms with Crippen molar-refractivity contribution in [3.63, 3.8) is 0 Å². The molecule has 0 amide bonds. The second-order valence-electron chi connectivity index (χ2n) is 5.54. The van der Waals surface area contributed by atoms with Gasteiger partial charge >= 0.3 is 0 Å². The highest BCUT2D eigenvalue weighted by molar-refractivity contribution is 8.14. The van der Waals surface area contributed by atoms with Gasteiger partial charge < -0.3 is 0 Å². The maximum Gasteiger partial charge on any atom is 0.105 e. The third-order valence-electron chi connectivity index (χ3n) is 3.47. The largest absolute Gasteiger partial charge is 0.241 e. The molecule has 4 heteroatoms. The van der Waals surface area contributed by atoms with E-state index in [1.807, 2.05) is 72.8 Å². The van der Waals surface area contributed by atoms with Crippen molar-refractivity contribution < 1.29 is 0 Å². The van der Waals surface area contributed by atoms with Crippen LogP contribution in [0.3, 0.4) is 0 Å². The van der Waals surface area contributed by atoms with Crippen LogP contribution in [0.2, 0.25) is 5.02 Å². The first-order valence-corrected chi connectivity index (χ1v) is 10.2. The smallest absolute Gasteiger partial charge is 0.105 e. The number of halogens is 1. The van der Waals surface area contributed by atoms with Gasteiger partial charge in [0.15, 0.2) is 0 Å². The van der Waals surface area contributed by atoms with Crippen LogP contribution >= 0.6 is 35.1 Å². The minimum Gasteiger partial charge on any atom is -0.241 e. The van der Waals surface area contributed by atoms with Gasteiger partial charge in [0.25, 0.3) is 0 Å². The summed E-state index contributed by atoms with van der Waals surface area (Å²) in [7, 11) is 0. The molecule has 0 aliphatic carbocycles. The number of para-hydroxylation sites is 1. The van der Waals surface area contributed by atoms with Gasteiger partial charge in [-0.2, -0.15) is 0 Å². The van der Waals surface area contributed by atoms with Crippen molar-refractivity contribution in [2.75, 3.05) is 0 Å². The summed E-state index contributed by atoms with van der Waals surface area (Å²) >= 11 is 9.35. The Morgan fingerprint density at radius 1 is 0.808 bits per heavy atom. The molecule has 0 saturated carbocycles. The molecular weight excluding hydrogens is 378 g/mol. The molecule has 3 rings (SSSR count). The molecule has 0 radical (unpaired) electrons. The maximum atomic E-state index is 6.00. The fourth-order valence-electron chi connectivity index (χ4n) is 2.13. The van der Waals surface area contributed by atoms with E-state index in [1.165, 1.54) is 4.90 Å². The summed E-state index contributed by atoms with van der Waals surface area (Å²) in [6.07, 6.45) is 0. The zero-order valence-corrected chi connectivity index (χ0v) is 16.7. The number of hydrogen-bond acceptors (Lipinski definition) is 3. The van der Waals surface area contributed by atoms with E-state index in [-0.39, 0.29) is 0 Å². The molecule has 130 valence electrons. The van der Waals surface area contributed by atoms with Crippen molar-refractivity contribution in [2.24, 2.45) is 4.99 Å². The van der Waals surface area contributed by atoms with Crippen molar-refractivity contribution in [1.29, 1.82) is 0 Å². The summed E-state index contributed by atoms with van der Waals surface area (Å²) in [5, 5.41) is 3.87. The lowest BCUT2D eigenvalue weighted by atomic mass is 10.3.